The Labute approximate surface area is 171 Å². The summed E-state index contributed by atoms with van der Waals surface area (Å²) in [5.41, 5.74) is 1.51. The van der Waals surface area contributed by atoms with E-state index in [0.717, 1.165) is 24.6 Å². The number of nitrogens with zero attached hydrogens (tertiary/aromatic N) is 1. The van der Waals surface area contributed by atoms with Gasteiger partial charge in [-0.15, -0.1) is 11.3 Å². The van der Waals surface area contributed by atoms with E-state index >= 15 is 0 Å². The van der Waals surface area contributed by atoms with Crippen LogP contribution >= 0.6 is 11.3 Å². The minimum Gasteiger partial charge on any atom is -0.353 e. The molecule has 2 aromatic rings. The monoisotopic (exact) mass is 399 g/mol. The molecule has 1 aliphatic heterocycles. The number of aryl methyl sites for hydroxylation is 1. The van der Waals surface area contributed by atoms with Gasteiger partial charge in [-0.05, 0) is 61.8 Å². The molecule has 1 saturated heterocycles. The Balaban J connectivity index is 1.52. The van der Waals surface area contributed by atoms with Crippen molar-refractivity contribution in [1.82, 2.24) is 15.5 Å². The van der Waals surface area contributed by atoms with Crippen LogP contribution in [-0.2, 0) is 4.79 Å². The number of nitrogens with one attached hydrogen (secondary N) is 2. The maximum absolute atomic E-state index is 12.3. The van der Waals surface area contributed by atoms with Crippen LogP contribution in [0.5, 0.6) is 0 Å². The van der Waals surface area contributed by atoms with Gasteiger partial charge in [0.15, 0.2) is 0 Å². The molecule has 28 heavy (non-hydrogen) atoms. The van der Waals surface area contributed by atoms with Gasteiger partial charge in [0.25, 0.3) is 5.91 Å². The van der Waals surface area contributed by atoms with Gasteiger partial charge < -0.3 is 10.6 Å². The Morgan fingerprint density at radius 1 is 1.14 bits per heavy atom. The van der Waals surface area contributed by atoms with Crippen LogP contribution in [0.4, 0.5) is 0 Å². The highest BCUT2D eigenvalue weighted by Crippen LogP contribution is 2.29. The van der Waals surface area contributed by atoms with Crippen LogP contribution < -0.4 is 10.6 Å². The van der Waals surface area contributed by atoms with Gasteiger partial charge >= 0.3 is 0 Å². The normalized spacial score (nSPS) is 16.5. The first-order chi connectivity index (χ1) is 13.5. The third-order valence-corrected chi connectivity index (χ3v) is 6.40. The zero-order valence-electron chi connectivity index (χ0n) is 16.6. The van der Waals surface area contributed by atoms with Crippen LogP contribution in [0, 0.1) is 12.8 Å². The summed E-state index contributed by atoms with van der Waals surface area (Å²) in [4.78, 5) is 28.4. The van der Waals surface area contributed by atoms with Gasteiger partial charge in [0.2, 0.25) is 5.91 Å². The SMILES string of the molecule is Cc1ccccc1C(=O)NCC(=O)NCC(c1cccs1)N1CCC(C)CC1. The fraction of sp³-hybridized carbons (Fsp3) is 0.455. The molecule has 1 aromatic heterocycles. The molecule has 1 atom stereocenters. The predicted octanol–water partition coefficient (Wildman–Crippen LogP) is 3.38. The van der Waals surface area contributed by atoms with Crippen LogP contribution in [0.15, 0.2) is 41.8 Å². The average molecular weight is 400 g/mol. The van der Waals surface area contributed by atoms with Crippen molar-refractivity contribution in [3.63, 3.8) is 0 Å². The van der Waals surface area contributed by atoms with Crippen LogP contribution in [0.3, 0.4) is 0 Å². The lowest BCUT2D eigenvalue weighted by atomic mass is 9.97. The first-order valence-electron chi connectivity index (χ1n) is 9.92. The fourth-order valence-corrected chi connectivity index (χ4v) is 4.45. The summed E-state index contributed by atoms with van der Waals surface area (Å²) in [6.07, 6.45) is 2.39. The van der Waals surface area contributed by atoms with E-state index in [9.17, 15) is 9.59 Å². The minimum atomic E-state index is -0.215. The summed E-state index contributed by atoms with van der Waals surface area (Å²) in [5, 5.41) is 7.82. The van der Waals surface area contributed by atoms with E-state index in [2.05, 4.69) is 40.0 Å². The maximum atomic E-state index is 12.3. The Morgan fingerprint density at radius 3 is 2.57 bits per heavy atom. The summed E-state index contributed by atoms with van der Waals surface area (Å²) in [6.45, 7) is 6.86. The second kappa shape index (κ2) is 9.85. The van der Waals surface area contributed by atoms with Crippen molar-refractivity contribution in [1.29, 1.82) is 0 Å². The molecule has 1 aromatic carbocycles. The van der Waals surface area contributed by atoms with Gasteiger partial charge in [0.1, 0.15) is 0 Å². The lowest BCUT2D eigenvalue weighted by Crippen LogP contribution is -2.44. The average Bonchev–Trinajstić information content (AvgIpc) is 3.22. The molecule has 6 heteroatoms. The molecule has 0 aliphatic carbocycles. The molecule has 3 rings (SSSR count). The molecular weight excluding hydrogens is 370 g/mol. The van der Waals surface area contributed by atoms with E-state index in [-0.39, 0.29) is 24.4 Å². The molecule has 0 saturated carbocycles. The van der Waals surface area contributed by atoms with E-state index in [0.29, 0.717) is 12.1 Å². The summed E-state index contributed by atoms with van der Waals surface area (Å²) < 4.78 is 0. The molecule has 0 radical (unpaired) electrons. The second-order valence-corrected chi connectivity index (χ2v) is 8.53. The summed E-state index contributed by atoms with van der Waals surface area (Å²) in [7, 11) is 0. The zero-order chi connectivity index (χ0) is 19.9. The van der Waals surface area contributed by atoms with Gasteiger partial charge in [0.05, 0.1) is 12.6 Å². The number of amides is 2. The molecule has 150 valence electrons. The highest BCUT2D eigenvalue weighted by molar-refractivity contribution is 7.10. The number of likely N-dealkylation sites (tertiary alicyclic amines) is 1. The fourth-order valence-electron chi connectivity index (χ4n) is 3.59. The Kier molecular flexibility index (Phi) is 7.23. The van der Waals surface area contributed by atoms with Crippen molar-refractivity contribution < 1.29 is 9.59 Å². The Hall–Kier alpha value is -2.18. The van der Waals surface area contributed by atoms with Gasteiger partial charge in [-0.1, -0.05) is 31.2 Å². The van der Waals surface area contributed by atoms with Crippen molar-refractivity contribution in [2.45, 2.75) is 32.7 Å². The molecule has 0 bridgehead atoms. The lowest BCUT2D eigenvalue weighted by Gasteiger charge is -2.36. The molecule has 2 N–H and O–H groups in total. The van der Waals surface area contributed by atoms with Gasteiger partial charge in [-0.3, -0.25) is 14.5 Å². The smallest absolute Gasteiger partial charge is 0.251 e. The summed E-state index contributed by atoms with van der Waals surface area (Å²) >= 11 is 1.73. The summed E-state index contributed by atoms with van der Waals surface area (Å²) in [6, 6.07) is 11.8. The molecule has 2 amide bonds. The largest absolute Gasteiger partial charge is 0.353 e. The van der Waals surface area contributed by atoms with Crippen molar-refractivity contribution in [3.8, 4) is 0 Å². The number of hydrogen-bond donors (Lipinski definition) is 2. The minimum absolute atomic E-state index is 0.0125. The molecule has 1 aliphatic rings. The molecule has 5 nitrogen and oxygen atoms in total. The second-order valence-electron chi connectivity index (χ2n) is 7.55. The highest BCUT2D eigenvalue weighted by Gasteiger charge is 2.25. The highest BCUT2D eigenvalue weighted by atomic mass is 32.1. The number of piperidine rings is 1. The quantitative estimate of drug-likeness (QED) is 0.750. The number of carbonyl (C=O) groups excluding carboxylic acids is 2. The molecule has 2 heterocycles. The lowest BCUT2D eigenvalue weighted by molar-refractivity contribution is -0.120. The topological polar surface area (TPSA) is 61.4 Å². The van der Waals surface area contributed by atoms with E-state index in [1.807, 2.05) is 25.1 Å². The van der Waals surface area contributed by atoms with Crippen molar-refractivity contribution >= 4 is 23.2 Å². The van der Waals surface area contributed by atoms with Crippen LogP contribution in [0.25, 0.3) is 0 Å². The van der Waals surface area contributed by atoms with E-state index in [1.165, 1.54) is 17.7 Å². The summed E-state index contributed by atoms with van der Waals surface area (Å²) in [5.74, 6) is 0.397. The van der Waals surface area contributed by atoms with Crippen LogP contribution in [0.2, 0.25) is 0 Å². The number of benzene rings is 1. The van der Waals surface area contributed by atoms with Crippen LogP contribution in [0.1, 0.15) is 46.6 Å². The predicted molar refractivity (Wildman–Crippen MR) is 114 cm³/mol. The molecular formula is C22H29N3O2S. The van der Waals surface area contributed by atoms with Gasteiger partial charge in [-0.2, -0.15) is 0 Å². The first-order valence-corrected chi connectivity index (χ1v) is 10.8. The molecule has 0 spiro atoms. The van der Waals surface area contributed by atoms with Crippen molar-refractivity contribution in [2.24, 2.45) is 5.92 Å². The number of rotatable bonds is 7. The van der Waals surface area contributed by atoms with Crippen LogP contribution in [-0.4, -0.2) is 42.9 Å². The Bertz CT molecular complexity index is 783. The van der Waals surface area contributed by atoms with Crippen molar-refractivity contribution in [3.05, 3.63) is 57.8 Å². The van der Waals surface area contributed by atoms with Gasteiger partial charge in [-0.25, -0.2) is 0 Å². The number of thiophene rings is 1. The number of hydrogen-bond acceptors (Lipinski definition) is 4. The van der Waals surface area contributed by atoms with E-state index in [1.54, 1.807) is 17.4 Å². The first kappa shape index (κ1) is 20.6. The number of carbonyl (C=O) groups is 2. The van der Waals surface area contributed by atoms with E-state index < -0.39 is 0 Å². The molecule has 1 unspecified atom stereocenters. The third kappa shape index (κ3) is 5.42. The van der Waals surface area contributed by atoms with Crippen molar-refractivity contribution in [2.75, 3.05) is 26.2 Å². The Morgan fingerprint density at radius 2 is 1.89 bits per heavy atom. The van der Waals surface area contributed by atoms with E-state index in [4.69, 9.17) is 0 Å². The zero-order valence-corrected chi connectivity index (χ0v) is 17.4. The standard InChI is InChI=1S/C22H29N3O2S/c1-16-9-11-25(12-10-16)19(20-8-5-13-28-20)14-23-21(26)15-24-22(27)18-7-4-3-6-17(18)2/h3-8,13,16,19H,9-12,14-15H2,1-2H3,(H,23,26)(H,24,27). The third-order valence-electron chi connectivity index (χ3n) is 5.42. The van der Waals surface area contributed by atoms with Gasteiger partial charge in [0, 0.05) is 17.0 Å². The maximum Gasteiger partial charge on any atom is 0.251 e. The molecule has 1 fully saturated rings.